The number of aromatic nitrogens is 2. The molecule has 5 nitrogen and oxygen atoms in total. The SMILES string of the molecule is Cc1ccc(NC(=O)c2nnc(-c3ccccc3Cl)o2)cc1. The van der Waals surface area contributed by atoms with Crippen LogP contribution in [0, 0.1) is 6.92 Å². The number of benzene rings is 2. The molecule has 2 aromatic carbocycles. The summed E-state index contributed by atoms with van der Waals surface area (Å²) in [6, 6.07) is 14.5. The largest absolute Gasteiger partial charge is 0.412 e. The lowest BCUT2D eigenvalue weighted by molar-refractivity contribution is 0.0991. The van der Waals surface area contributed by atoms with Crippen molar-refractivity contribution in [2.75, 3.05) is 5.32 Å². The van der Waals surface area contributed by atoms with E-state index in [0.29, 0.717) is 16.3 Å². The average molecular weight is 314 g/mol. The molecule has 3 rings (SSSR count). The van der Waals surface area contributed by atoms with E-state index < -0.39 is 5.91 Å². The second-order valence-corrected chi connectivity index (χ2v) is 5.12. The summed E-state index contributed by atoms with van der Waals surface area (Å²) in [5, 5.41) is 10.8. The second-order valence-electron chi connectivity index (χ2n) is 4.71. The number of amides is 1. The summed E-state index contributed by atoms with van der Waals surface area (Å²) in [5.41, 5.74) is 2.36. The van der Waals surface area contributed by atoms with Gasteiger partial charge in [0.2, 0.25) is 5.89 Å². The monoisotopic (exact) mass is 313 g/mol. The fourth-order valence-electron chi connectivity index (χ4n) is 1.88. The predicted octanol–water partition coefficient (Wildman–Crippen LogP) is 3.95. The highest BCUT2D eigenvalue weighted by atomic mass is 35.5. The number of aryl methyl sites for hydroxylation is 1. The van der Waals surface area contributed by atoms with E-state index in [4.69, 9.17) is 16.0 Å². The molecule has 0 unspecified atom stereocenters. The van der Waals surface area contributed by atoms with Crippen LogP contribution in [-0.2, 0) is 0 Å². The zero-order chi connectivity index (χ0) is 15.5. The van der Waals surface area contributed by atoms with E-state index in [1.807, 2.05) is 19.1 Å². The Morgan fingerprint density at radius 2 is 1.82 bits per heavy atom. The van der Waals surface area contributed by atoms with Crippen molar-refractivity contribution in [1.29, 1.82) is 0 Å². The molecule has 0 atom stereocenters. The van der Waals surface area contributed by atoms with Gasteiger partial charge in [0.05, 0.1) is 10.6 Å². The van der Waals surface area contributed by atoms with E-state index in [0.717, 1.165) is 5.56 Å². The van der Waals surface area contributed by atoms with Gasteiger partial charge in [0, 0.05) is 5.69 Å². The van der Waals surface area contributed by atoms with Crippen LogP contribution in [0.2, 0.25) is 5.02 Å². The highest BCUT2D eigenvalue weighted by Crippen LogP contribution is 2.26. The van der Waals surface area contributed by atoms with E-state index in [-0.39, 0.29) is 11.8 Å². The quantitative estimate of drug-likeness (QED) is 0.795. The van der Waals surface area contributed by atoms with E-state index in [1.54, 1.807) is 36.4 Å². The van der Waals surface area contributed by atoms with E-state index in [9.17, 15) is 4.79 Å². The third-order valence-corrected chi connectivity index (χ3v) is 3.36. The number of hydrogen-bond acceptors (Lipinski definition) is 4. The lowest BCUT2D eigenvalue weighted by Crippen LogP contribution is -2.12. The van der Waals surface area contributed by atoms with Gasteiger partial charge in [-0.15, -0.1) is 10.2 Å². The summed E-state index contributed by atoms with van der Waals surface area (Å²) in [6.45, 7) is 1.97. The van der Waals surface area contributed by atoms with Gasteiger partial charge in [-0.05, 0) is 31.2 Å². The van der Waals surface area contributed by atoms with Gasteiger partial charge in [-0.2, -0.15) is 0 Å². The molecule has 1 heterocycles. The maximum absolute atomic E-state index is 12.1. The Balaban J connectivity index is 1.80. The van der Waals surface area contributed by atoms with Gasteiger partial charge in [-0.3, -0.25) is 4.79 Å². The zero-order valence-corrected chi connectivity index (χ0v) is 12.5. The minimum atomic E-state index is -0.463. The van der Waals surface area contributed by atoms with Crippen LogP contribution in [0.15, 0.2) is 52.9 Å². The first kappa shape index (κ1) is 14.3. The third-order valence-electron chi connectivity index (χ3n) is 3.03. The molecular formula is C16H12ClN3O2. The fraction of sp³-hybridized carbons (Fsp3) is 0.0625. The molecule has 0 aliphatic carbocycles. The lowest BCUT2D eigenvalue weighted by Gasteiger charge is -2.02. The number of nitrogens with one attached hydrogen (secondary N) is 1. The molecule has 0 aliphatic rings. The van der Waals surface area contributed by atoms with Crippen LogP contribution >= 0.6 is 11.6 Å². The summed E-state index contributed by atoms with van der Waals surface area (Å²) in [7, 11) is 0. The molecule has 0 saturated heterocycles. The molecule has 22 heavy (non-hydrogen) atoms. The average Bonchev–Trinajstić information content (AvgIpc) is 3.00. The van der Waals surface area contributed by atoms with Gasteiger partial charge < -0.3 is 9.73 Å². The Bertz CT molecular complexity index is 812. The van der Waals surface area contributed by atoms with Crippen LogP contribution in [0.1, 0.15) is 16.2 Å². The van der Waals surface area contributed by atoms with Gasteiger partial charge in [0.15, 0.2) is 0 Å². The van der Waals surface area contributed by atoms with Crippen molar-refractivity contribution in [3.05, 3.63) is 65.0 Å². The molecule has 1 N–H and O–H groups in total. The minimum absolute atomic E-state index is 0.115. The molecule has 0 saturated carbocycles. The van der Waals surface area contributed by atoms with Gasteiger partial charge >= 0.3 is 11.8 Å². The van der Waals surface area contributed by atoms with Crippen LogP contribution in [0.4, 0.5) is 5.69 Å². The summed E-state index contributed by atoms with van der Waals surface area (Å²) in [6.07, 6.45) is 0. The Kier molecular flexibility index (Phi) is 3.89. The van der Waals surface area contributed by atoms with Crippen molar-refractivity contribution in [2.45, 2.75) is 6.92 Å². The molecular weight excluding hydrogens is 302 g/mol. The summed E-state index contributed by atoms with van der Waals surface area (Å²) in [5.74, 6) is -0.371. The summed E-state index contributed by atoms with van der Waals surface area (Å²) in [4.78, 5) is 12.1. The Morgan fingerprint density at radius 3 is 2.55 bits per heavy atom. The molecule has 6 heteroatoms. The van der Waals surface area contributed by atoms with E-state index in [2.05, 4.69) is 15.5 Å². The Labute approximate surface area is 131 Å². The van der Waals surface area contributed by atoms with Crippen molar-refractivity contribution in [3.63, 3.8) is 0 Å². The third kappa shape index (κ3) is 2.99. The normalized spacial score (nSPS) is 10.5. The molecule has 0 radical (unpaired) electrons. The molecule has 0 aliphatic heterocycles. The van der Waals surface area contributed by atoms with E-state index >= 15 is 0 Å². The van der Waals surface area contributed by atoms with Crippen molar-refractivity contribution in [3.8, 4) is 11.5 Å². The number of carbonyl (C=O) groups is 1. The maximum atomic E-state index is 12.1. The standard InChI is InChI=1S/C16H12ClN3O2/c1-10-6-8-11(9-7-10)18-14(21)16-20-19-15(22-16)12-4-2-3-5-13(12)17/h2-9H,1H3,(H,18,21). The number of anilines is 1. The van der Waals surface area contributed by atoms with Crippen LogP contribution in [0.5, 0.6) is 0 Å². The fourth-order valence-corrected chi connectivity index (χ4v) is 2.10. The Hall–Kier alpha value is -2.66. The molecule has 1 aromatic heterocycles. The summed E-state index contributed by atoms with van der Waals surface area (Å²) < 4.78 is 5.39. The molecule has 110 valence electrons. The lowest BCUT2D eigenvalue weighted by atomic mass is 10.2. The number of carbonyl (C=O) groups excluding carboxylic acids is 1. The van der Waals surface area contributed by atoms with Crippen LogP contribution in [-0.4, -0.2) is 16.1 Å². The highest BCUT2D eigenvalue weighted by molar-refractivity contribution is 6.33. The molecule has 0 spiro atoms. The number of nitrogens with zero attached hydrogens (tertiary/aromatic N) is 2. The van der Waals surface area contributed by atoms with Crippen molar-refractivity contribution >= 4 is 23.2 Å². The maximum Gasteiger partial charge on any atom is 0.313 e. The summed E-state index contributed by atoms with van der Waals surface area (Å²) >= 11 is 6.06. The van der Waals surface area contributed by atoms with Gasteiger partial charge in [0.1, 0.15) is 0 Å². The minimum Gasteiger partial charge on any atom is -0.412 e. The van der Waals surface area contributed by atoms with Gasteiger partial charge in [0.25, 0.3) is 0 Å². The van der Waals surface area contributed by atoms with Crippen molar-refractivity contribution in [1.82, 2.24) is 10.2 Å². The first-order valence-electron chi connectivity index (χ1n) is 6.60. The van der Waals surface area contributed by atoms with E-state index in [1.165, 1.54) is 0 Å². The Morgan fingerprint density at radius 1 is 1.09 bits per heavy atom. The van der Waals surface area contributed by atoms with Gasteiger partial charge in [-0.1, -0.05) is 41.4 Å². The number of rotatable bonds is 3. The smallest absolute Gasteiger partial charge is 0.313 e. The second kappa shape index (κ2) is 5.99. The molecule has 1 amide bonds. The molecule has 0 fully saturated rings. The predicted molar refractivity (Wildman–Crippen MR) is 83.9 cm³/mol. The van der Waals surface area contributed by atoms with Crippen LogP contribution in [0.3, 0.4) is 0 Å². The molecule has 3 aromatic rings. The van der Waals surface area contributed by atoms with Gasteiger partial charge in [-0.25, -0.2) is 0 Å². The first-order valence-corrected chi connectivity index (χ1v) is 6.98. The number of hydrogen-bond donors (Lipinski definition) is 1. The zero-order valence-electron chi connectivity index (χ0n) is 11.7. The first-order chi connectivity index (χ1) is 10.6. The number of halogens is 1. The van der Waals surface area contributed by atoms with Crippen molar-refractivity contribution < 1.29 is 9.21 Å². The van der Waals surface area contributed by atoms with Crippen LogP contribution < -0.4 is 5.32 Å². The van der Waals surface area contributed by atoms with Crippen molar-refractivity contribution in [2.24, 2.45) is 0 Å². The topological polar surface area (TPSA) is 68.0 Å². The van der Waals surface area contributed by atoms with Crippen LogP contribution in [0.25, 0.3) is 11.5 Å². The highest BCUT2D eigenvalue weighted by Gasteiger charge is 2.17. The molecule has 0 bridgehead atoms.